The molecular formula is C53H44F10N2O8. The van der Waals surface area contributed by atoms with Crippen molar-refractivity contribution >= 4 is 35.5 Å². The molecule has 10 nitrogen and oxygen atoms in total. The molecule has 0 bridgehead atoms. The van der Waals surface area contributed by atoms with Crippen molar-refractivity contribution in [3.63, 3.8) is 0 Å². The molecule has 6 rings (SSSR count). The third-order valence-corrected chi connectivity index (χ3v) is 10.4. The van der Waals surface area contributed by atoms with Crippen LogP contribution in [0, 0.1) is 5.41 Å². The first-order valence-electron chi connectivity index (χ1n) is 21.7. The maximum Gasteiger partial charge on any atom is 0.426 e. The molecule has 0 heterocycles. The summed E-state index contributed by atoms with van der Waals surface area (Å²) in [6, 6.07) is 31.4. The lowest BCUT2D eigenvalue weighted by atomic mass is 9.77. The molecule has 0 unspecified atom stereocenters. The van der Waals surface area contributed by atoms with Crippen LogP contribution >= 0.6 is 0 Å². The Morgan fingerprint density at radius 2 is 0.726 bits per heavy atom. The number of nitrogen functional groups attached to an aromatic ring is 2. The summed E-state index contributed by atoms with van der Waals surface area (Å²) in [5.74, 6) is -2.76. The van der Waals surface area contributed by atoms with E-state index >= 15 is 17.6 Å². The lowest BCUT2D eigenvalue weighted by molar-refractivity contribution is -0.186. The Morgan fingerprint density at radius 3 is 1.04 bits per heavy atom. The van der Waals surface area contributed by atoms with Crippen molar-refractivity contribution < 1.29 is 81.9 Å². The van der Waals surface area contributed by atoms with E-state index in [1.807, 2.05) is 0 Å². The number of benzene rings is 6. The van der Waals surface area contributed by atoms with Crippen LogP contribution in [-0.4, -0.2) is 50.7 Å². The minimum absolute atomic E-state index is 0.188. The van der Waals surface area contributed by atoms with Crippen LogP contribution in [0.4, 0.5) is 55.3 Å². The number of anilines is 2. The lowest BCUT2D eigenvalue weighted by Crippen LogP contribution is -2.38. The second-order valence-electron chi connectivity index (χ2n) is 16.5. The maximum absolute atomic E-state index is 15.0. The Labute approximate surface area is 411 Å². The molecule has 0 radical (unpaired) electrons. The number of halogens is 10. The van der Waals surface area contributed by atoms with Gasteiger partial charge in [-0.25, -0.2) is 9.59 Å². The summed E-state index contributed by atoms with van der Waals surface area (Å²) in [7, 11) is 0. The Morgan fingerprint density at radius 1 is 0.411 bits per heavy atom. The number of nitrogens with two attached hydrogens (primary N) is 2. The van der Waals surface area contributed by atoms with Gasteiger partial charge in [0, 0.05) is 28.9 Å². The van der Waals surface area contributed by atoms with Gasteiger partial charge in [0.15, 0.2) is 13.2 Å². The van der Waals surface area contributed by atoms with E-state index < -0.39 is 66.3 Å². The van der Waals surface area contributed by atoms with E-state index in [0.29, 0.717) is 22.5 Å². The van der Waals surface area contributed by atoms with Gasteiger partial charge < -0.3 is 39.9 Å². The number of hydrogen-bond donors (Lipinski definition) is 2. The molecule has 0 aromatic heterocycles. The Balaban J connectivity index is 1.11. The summed E-state index contributed by atoms with van der Waals surface area (Å²) in [6.07, 6.45) is -11.7. The molecule has 4 N–H and O–H groups in total. The average molecular weight is 1030 g/mol. The molecule has 6 aromatic carbocycles. The zero-order chi connectivity index (χ0) is 52.9. The van der Waals surface area contributed by atoms with Crippen molar-refractivity contribution in [3.8, 4) is 23.0 Å². The predicted molar refractivity (Wildman–Crippen MR) is 249 cm³/mol. The molecule has 0 aliphatic heterocycles. The topological polar surface area (TPSA) is 142 Å². The minimum atomic E-state index is -4.59. The first-order valence-corrected chi connectivity index (χ1v) is 21.7. The number of esters is 2. The second-order valence-corrected chi connectivity index (χ2v) is 16.5. The van der Waals surface area contributed by atoms with E-state index in [1.165, 1.54) is 36.4 Å². The van der Waals surface area contributed by atoms with Gasteiger partial charge in [0.05, 0.1) is 11.1 Å². The summed E-state index contributed by atoms with van der Waals surface area (Å²) in [5.41, 5.74) is 12.7. The fourth-order valence-electron chi connectivity index (χ4n) is 6.85. The highest BCUT2D eigenvalue weighted by atomic mass is 19.4. The standard InChI is InChI=1S/C53H44F10N2O8/c54-50(55,56)33-68-43-19-23-45(24-20-43)72-52(60,61)39-11-1-35(2-12-39)9-27-47(66)70-31-49(29-37-5-15-41(64)16-6-37,30-38-7-17-42(65)18-8-38)32-71-48(67)28-10-36-3-13-40(14-4-36)53(62,63)73-46-25-21-44(22-26-46)69-34-51(57,58)59/h1-28H,29-34,64-65H2/b27-9+,28-10+. The highest BCUT2D eigenvalue weighted by molar-refractivity contribution is 5.87. The van der Waals surface area contributed by atoms with Crippen LogP contribution in [-0.2, 0) is 44.1 Å². The van der Waals surface area contributed by atoms with Crippen LogP contribution in [0.3, 0.4) is 0 Å². The maximum atomic E-state index is 15.0. The highest BCUT2D eigenvalue weighted by Gasteiger charge is 2.37. The monoisotopic (exact) mass is 1030 g/mol. The summed E-state index contributed by atoms with van der Waals surface area (Å²) in [6.45, 7) is -3.74. The zero-order valence-electron chi connectivity index (χ0n) is 38.1. The molecule has 0 aliphatic carbocycles. The smallest absolute Gasteiger partial charge is 0.426 e. The van der Waals surface area contributed by atoms with Crippen molar-refractivity contribution in [2.45, 2.75) is 37.4 Å². The van der Waals surface area contributed by atoms with Crippen molar-refractivity contribution in [1.29, 1.82) is 0 Å². The van der Waals surface area contributed by atoms with Crippen LogP contribution < -0.4 is 30.4 Å². The summed E-state index contributed by atoms with van der Waals surface area (Å²) < 4.78 is 165. The van der Waals surface area contributed by atoms with E-state index in [9.17, 15) is 35.9 Å². The molecule has 0 saturated heterocycles. The van der Waals surface area contributed by atoms with Gasteiger partial charge in [0.25, 0.3) is 0 Å². The third kappa shape index (κ3) is 17.6. The van der Waals surface area contributed by atoms with E-state index in [-0.39, 0.29) is 49.1 Å². The van der Waals surface area contributed by atoms with Gasteiger partial charge in [0.2, 0.25) is 0 Å². The van der Waals surface area contributed by atoms with Crippen molar-refractivity contribution in [3.05, 3.63) is 191 Å². The second kappa shape index (κ2) is 23.4. The van der Waals surface area contributed by atoms with Gasteiger partial charge in [-0.15, -0.1) is 0 Å². The van der Waals surface area contributed by atoms with Crippen LogP contribution in [0.15, 0.2) is 158 Å². The number of carbonyl (C=O) groups is 2. The van der Waals surface area contributed by atoms with E-state index in [0.717, 1.165) is 96.1 Å². The molecule has 0 spiro atoms. The average Bonchev–Trinajstić information content (AvgIpc) is 3.34. The van der Waals surface area contributed by atoms with Gasteiger partial charge in [-0.1, -0.05) is 48.5 Å². The van der Waals surface area contributed by atoms with E-state index in [4.69, 9.17) is 30.4 Å². The fraction of sp³-hybridized carbons (Fsp3) is 0.208. The zero-order valence-corrected chi connectivity index (χ0v) is 38.1. The Kier molecular flexibility index (Phi) is 17.4. The first-order chi connectivity index (χ1) is 34.4. The summed E-state index contributed by atoms with van der Waals surface area (Å²) in [4.78, 5) is 26.6. The van der Waals surface area contributed by atoms with Gasteiger partial charge in [-0.05, 0) is 144 Å². The van der Waals surface area contributed by atoms with Gasteiger partial charge in [-0.2, -0.15) is 43.9 Å². The SMILES string of the molecule is Nc1ccc(CC(COC(=O)/C=C/c2ccc(C(F)(F)Oc3ccc(OCC(F)(F)F)cc3)cc2)(COC(=O)/C=C/c2ccc(C(F)(F)Oc3ccc(OCC(F)(F)F)cc3)cc2)Cc2ccc(N)cc2)cc1. The molecule has 20 heteroatoms. The number of ether oxygens (including phenoxy) is 6. The highest BCUT2D eigenvalue weighted by Crippen LogP contribution is 2.36. The Hall–Kier alpha value is -8.16. The van der Waals surface area contributed by atoms with Crippen LogP contribution in [0.5, 0.6) is 23.0 Å². The molecule has 0 saturated carbocycles. The number of hydrogen-bond acceptors (Lipinski definition) is 10. The van der Waals surface area contributed by atoms with Crippen molar-refractivity contribution in [2.75, 3.05) is 37.9 Å². The first kappa shape index (κ1) is 54.2. The Bertz CT molecular complexity index is 2610. The minimum Gasteiger partial charge on any atom is -0.484 e. The number of carbonyl (C=O) groups excluding carboxylic acids is 2. The molecule has 6 aromatic rings. The molecule has 0 atom stereocenters. The third-order valence-electron chi connectivity index (χ3n) is 10.4. The molecular weight excluding hydrogens is 983 g/mol. The normalized spacial score (nSPS) is 12.4. The van der Waals surface area contributed by atoms with Gasteiger partial charge in [0.1, 0.15) is 36.2 Å². The molecule has 0 aliphatic rings. The summed E-state index contributed by atoms with van der Waals surface area (Å²) >= 11 is 0. The van der Waals surface area contributed by atoms with Crippen molar-refractivity contribution in [1.82, 2.24) is 0 Å². The van der Waals surface area contributed by atoms with Gasteiger partial charge in [-0.3, -0.25) is 0 Å². The number of alkyl halides is 10. The van der Waals surface area contributed by atoms with Crippen LogP contribution in [0.25, 0.3) is 12.2 Å². The van der Waals surface area contributed by atoms with Crippen molar-refractivity contribution in [2.24, 2.45) is 5.41 Å². The molecule has 0 amide bonds. The predicted octanol–water partition coefficient (Wildman–Crippen LogP) is 12.3. The van der Waals surface area contributed by atoms with E-state index in [1.54, 1.807) is 48.5 Å². The molecule has 0 fully saturated rings. The molecule has 73 heavy (non-hydrogen) atoms. The van der Waals surface area contributed by atoms with Crippen LogP contribution in [0.2, 0.25) is 0 Å². The quantitative estimate of drug-likeness (QED) is 0.0292. The molecule has 384 valence electrons. The van der Waals surface area contributed by atoms with Gasteiger partial charge >= 0.3 is 36.5 Å². The lowest BCUT2D eigenvalue weighted by Gasteiger charge is -2.33. The van der Waals surface area contributed by atoms with Crippen LogP contribution in [0.1, 0.15) is 33.4 Å². The van der Waals surface area contributed by atoms with E-state index in [2.05, 4.69) is 9.47 Å². The fourth-order valence-corrected chi connectivity index (χ4v) is 6.85. The largest absolute Gasteiger partial charge is 0.484 e. The summed E-state index contributed by atoms with van der Waals surface area (Å²) in [5, 5.41) is 0. The number of rotatable bonds is 22.